The summed E-state index contributed by atoms with van der Waals surface area (Å²) < 4.78 is 2.27. The van der Waals surface area contributed by atoms with Crippen molar-refractivity contribution in [2.75, 3.05) is 0 Å². The highest BCUT2D eigenvalue weighted by atomic mass is 35.5. The second-order valence-corrected chi connectivity index (χ2v) is 6.25. The summed E-state index contributed by atoms with van der Waals surface area (Å²) in [7, 11) is 0. The molecule has 2 aromatic carbocycles. The number of hydrogen-bond acceptors (Lipinski definition) is 1. The van der Waals surface area contributed by atoms with Gasteiger partial charge in [-0.15, -0.1) is 0 Å². The van der Waals surface area contributed by atoms with Crippen LogP contribution in [-0.4, -0.2) is 9.55 Å². The molecule has 0 amide bonds. The van der Waals surface area contributed by atoms with E-state index in [1.165, 1.54) is 11.1 Å². The molecule has 2 nitrogen and oxygen atoms in total. The van der Waals surface area contributed by atoms with Gasteiger partial charge in [0.05, 0.1) is 11.0 Å². The summed E-state index contributed by atoms with van der Waals surface area (Å²) in [6.45, 7) is 6.46. The van der Waals surface area contributed by atoms with E-state index in [1.54, 1.807) is 0 Å². The summed E-state index contributed by atoms with van der Waals surface area (Å²) in [4.78, 5) is 4.78. The minimum Gasteiger partial charge on any atom is -0.322 e. The molecule has 0 fully saturated rings. The molecule has 3 aromatic rings. The third-order valence-corrected chi connectivity index (χ3v) is 3.94. The predicted molar refractivity (Wildman–Crippen MR) is 95.2 cm³/mol. The molecule has 0 radical (unpaired) electrons. The Morgan fingerprint density at radius 2 is 1.77 bits per heavy atom. The molecule has 112 valence electrons. The van der Waals surface area contributed by atoms with E-state index in [0.29, 0.717) is 6.04 Å². The lowest BCUT2D eigenvalue weighted by atomic mass is 10.2. The molecule has 1 aromatic heterocycles. The van der Waals surface area contributed by atoms with Gasteiger partial charge in [0, 0.05) is 11.1 Å². The summed E-state index contributed by atoms with van der Waals surface area (Å²) in [5, 5.41) is 0.752. The number of hydrogen-bond donors (Lipinski definition) is 0. The second kappa shape index (κ2) is 5.98. The van der Waals surface area contributed by atoms with Gasteiger partial charge in [-0.2, -0.15) is 0 Å². The first kappa shape index (κ1) is 14.9. The van der Waals surface area contributed by atoms with Gasteiger partial charge in [0.15, 0.2) is 0 Å². The van der Waals surface area contributed by atoms with Crippen LogP contribution in [0.5, 0.6) is 0 Å². The van der Waals surface area contributed by atoms with Crippen LogP contribution in [0.25, 0.3) is 23.2 Å². The maximum atomic E-state index is 5.92. The van der Waals surface area contributed by atoms with Crippen molar-refractivity contribution < 1.29 is 0 Å². The number of benzene rings is 2. The van der Waals surface area contributed by atoms with Crippen LogP contribution in [0.2, 0.25) is 5.02 Å². The summed E-state index contributed by atoms with van der Waals surface area (Å²) in [6.07, 6.45) is 4.14. The van der Waals surface area contributed by atoms with Gasteiger partial charge in [-0.05, 0) is 62.2 Å². The fraction of sp³-hybridized carbons (Fsp3) is 0.211. The molecule has 0 bridgehead atoms. The van der Waals surface area contributed by atoms with E-state index in [-0.39, 0.29) is 0 Å². The highest BCUT2D eigenvalue weighted by Crippen LogP contribution is 2.23. The van der Waals surface area contributed by atoms with Crippen LogP contribution in [0.15, 0.2) is 42.5 Å². The monoisotopic (exact) mass is 310 g/mol. The van der Waals surface area contributed by atoms with E-state index in [1.807, 2.05) is 24.3 Å². The Bertz CT molecular complexity index is 827. The standard InChI is InChI=1S/C19H19ClN2/c1-13(2)22-18-10-4-14(3)12-17(18)21-19(22)11-7-15-5-8-16(20)9-6-15/h4-13H,1-3H3. The molecule has 0 N–H and O–H groups in total. The van der Waals surface area contributed by atoms with Gasteiger partial charge in [-0.25, -0.2) is 4.98 Å². The van der Waals surface area contributed by atoms with Crippen molar-refractivity contribution in [3.8, 4) is 0 Å². The molecule has 0 unspecified atom stereocenters. The number of nitrogens with zero attached hydrogens (tertiary/aromatic N) is 2. The summed E-state index contributed by atoms with van der Waals surface area (Å²) >= 11 is 5.92. The van der Waals surface area contributed by atoms with Crippen LogP contribution >= 0.6 is 11.6 Å². The summed E-state index contributed by atoms with van der Waals surface area (Å²) in [5.41, 5.74) is 4.57. The second-order valence-electron chi connectivity index (χ2n) is 5.81. The molecule has 3 rings (SSSR count). The van der Waals surface area contributed by atoms with E-state index in [0.717, 1.165) is 21.9 Å². The molecule has 3 heteroatoms. The van der Waals surface area contributed by atoms with Gasteiger partial charge in [0.25, 0.3) is 0 Å². The molecule has 0 saturated heterocycles. The number of aryl methyl sites for hydroxylation is 1. The van der Waals surface area contributed by atoms with Crippen LogP contribution in [0, 0.1) is 6.92 Å². The van der Waals surface area contributed by atoms with Crippen molar-refractivity contribution in [3.63, 3.8) is 0 Å². The van der Waals surface area contributed by atoms with Gasteiger partial charge in [-0.1, -0.05) is 35.9 Å². The molecule has 0 aliphatic rings. The van der Waals surface area contributed by atoms with Crippen LogP contribution < -0.4 is 0 Å². The van der Waals surface area contributed by atoms with Gasteiger partial charge >= 0.3 is 0 Å². The van der Waals surface area contributed by atoms with Crippen molar-refractivity contribution >= 4 is 34.8 Å². The topological polar surface area (TPSA) is 17.8 Å². The van der Waals surface area contributed by atoms with E-state index in [9.17, 15) is 0 Å². The Kier molecular flexibility index (Phi) is 4.04. The molecule has 0 spiro atoms. The zero-order valence-electron chi connectivity index (χ0n) is 13.0. The third-order valence-electron chi connectivity index (χ3n) is 3.68. The molecule has 0 atom stereocenters. The summed E-state index contributed by atoms with van der Waals surface area (Å²) in [6, 6.07) is 14.6. The first-order valence-corrected chi connectivity index (χ1v) is 7.84. The van der Waals surface area contributed by atoms with Gasteiger partial charge in [-0.3, -0.25) is 0 Å². The van der Waals surface area contributed by atoms with E-state index in [4.69, 9.17) is 16.6 Å². The quantitative estimate of drug-likeness (QED) is 0.602. The van der Waals surface area contributed by atoms with Crippen molar-refractivity contribution in [2.24, 2.45) is 0 Å². The molecule has 0 saturated carbocycles. The fourth-order valence-corrected chi connectivity index (χ4v) is 2.76. The third kappa shape index (κ3) is 2.93. The van der Waals surface area contributed by atoms with Crippen LogP contribution in [0.1, 0.15) is 36.8 Å². The Morgan fingerprint density at radius 1 is 1.05 bits per heavy atom. The first-order chi connectivity index (χ1) is 10.5. The normalized spacial score (nSPS) is 11.9. The fourth-order valence-electron chi connectivity index (χ4n) is 2.63. The lowest BCUT2D eigenvalue weighted by Gasteiger charge is -2.11. The zero-order chi connectivity index (χ0) is 15.7. The van der Waals surface area contributed by atoms with E-state index >= 15 is 0 Å². The summed E-state index contributed by atoms with van der Waals surface area (Å²) in [5.74, 6) is 0.977. The number of rotatable bonds is 3. The first-order valence-electron chi connectivity index (χ1n) is 7.47. The number of fused-ring (bicyclic) bond motifs is 1. The highest BCUT2D eigenvalue weighted by molar-refractivity contribution is 6.30. The van der Waals surface area contributed by atoms with E-state index < -0.39 is 0 Å². The van der Waals surface area contributed by atoms with Crippen molar-refractivity contribution in [1.82, 2.24) is 9.55 Å². The average molecular weight is 311 g/mol. The Morgan fingerprint density at radius 3 is 2.45 bits per heavy atom. The molecular formula is C19H19ClN2. The molecule has 0 aliphatic heterocycles. The maximum Gasteiger partial charge on any atom is 0.134 e. The Balaban J connectivity index is 2.05. The smallest absolute Gasteiger partial charge is 0.134 e. The van der Waals surface area contributed by atoms with Gasteiger partial charge in [0.1, 0.15) is 5.82 Å². The number of imidazole rings is 1. The minimum atomic E-state index is 0.359. The average Bonchev–Trinajstić information content (AvgIpc) is 2.84. The molecule has 0 aliphatic carbocycles. The maximum absolute atomic E-state index is 5.92. The molecular weight excluding hydrogens is 292 g/mol. The minimum absolute atomic E-state index is 0.359. The lowest BCUT2D eigenvalue weighted by molar-refractivity contribution is 0.612. The molecule has 22 heavy (non-hydrogen) atoms. The Hall–Kier alpha value is -2.06. The Labute approximate surface area is 136 Å². The number of aromatic nitrogens is 2. The largest absolute Gasteiger partial charge is 0.322 e. The van der Waals surface area contributed by atoms with Gasteiger partial charge in [0.2, 0.25) is 0 Å². The van der Waals surface area contributed by atoms with Crippen LogP contribution in [-0.2, 0) is 0 Å². The molecule has 1 heterocycles. The lowest BCUT2D eigenvalue weighted by Crippen LogP contribution is -2.02. The van der Waals surface area contributed by atoms with Crippen LogP contribution in [0.4, 0.5) is 0 Å². The van der Waals surface area contributed by atoms with Crippen LogP contribution in [0.3, 0.4) is 0 Å². The van der Waals surface area contributed by atoms with Crippen molar-refractivity contribution in [2.45, 2.75) is 26.8 Å². The van der Waals surface area contributed by atoms with Crippen molar-refractivity contribution in [3.05, 3.63) is 64.4 Å². The highest BCUT2D eigenvalue weighted by Gasteiger charge is 2.11. The SMILES string of the molecule is Cc1ccc2c(c1)nc(C=Cc1ccc(Cl)cc1)n2C(C)C. The van der Waals surface area contributed by atoms with Gasteiger partial charge < -0.3 is 4.57 Å². The zero-order valence-corrected chi connectivity index (χ0v) is 13.8. The van der Waals surface area contributed by atoms with E-state index in [2.05, 4.69) is 55.7 Å². The number of halogens is 1. The predicted octanol–water partition coefficient (Wildman–Crippen LogP) is 5.75. The van der Waals surface area contributed by atoms with Crippen molar-refractivity contribution in [1.29, 1.82) is 0 Å².